The van der Waals surface area contributed by atoms with E-state index >= 15 is 0 Å². The van der Waals surface area contributed by atoms with Gasteiger partial charge in [-0.1, -0.05) is 27.2 Å². The molecule has 0 saturated carbocycles. The molecule has 1 aliphatic heterocycles. The summed E-state index contributed by atoms with van der Waals surface area (Å²) in [4.78, 5) is 14.3. The minimum Gasteiger partial charge on any atom is -0.480 e. The second-order valence-electron chi connectivity index (χ2n) is 6.36. The van der Waals surface area contributed by atoms with Crippen LogP contribution < -0.4 is 5.32 Å². The second-order valence-corrected chi connectivity index (χ2v) is 6.36. The predicted molar refractivity (Wildman–Crippen MR) is 87.7 cm³/mol. The van der Waals surface area contributed by atoms with E-state index in [1.807, 2.05) is 6.92 Å². The van der Waals surface area contributed by atoms with Crippen molar-refractivity contribution in [3.05, 3.63) is 0 Å². The molecule has 4 nitrogen and oxygen atoms in total. The number of hydrogen-bond acceptors (Lipinski definition) is 3. The molecule has 1 heterocycles. The monoisotopic (exact) mass is 298 g/mol. The van der Waals surface area contributed by atoms with Gasteiger partial charge in [0.2, 0.25) is 0 Å². The van der Waals surface area contributed by atoms with Crippen molar-refractivity contribution >= 4 is 5.97 Å². The van der Waals surface area contributed by atoms with Crippen LogP contribution in [0.5, 0.6) is 0 Å². The summed E-state index contributed by atoms with van der Waals surface area (Å²) in [6, 6.07) is 0.711. The van der Waals surface area contributed by atoms with Gasteiger partial charge in [-0.15, -0.1) is 0 Å². The van der Waals surface area contributed by atoms with E-state index in [9.17, 15) is 9.90 Å². The quantitative estimate of drug-likeness (QED) is 0.650. The third-order valence-corrected chi connectivity index (χ3v) is 5.00. The maximum Gasteiger partial charge on any atom is 0.323 e. The van der Waals surface area contributed by atoms with E-state index in [0.717, 1.165) is 32.4 Å². The van der Waals surface area contributed by atoms with Crippen molar-refractivity contribution in [2.75, 3.05) is 19.6 Å². The molecular formula is C17H34N2O2. The molecule has 1 aliphatic rings. The third-order valence-electron chi connectivity index (χ3n) is 5.00. The Bertz CT molecular complexity index is 309. The topological polar surface area (TPSA) is 52.6 Å². The summed E-state index contributed by atoms with van der Waals surface area (Å²) in [5, 5.41) is 12.9. The Morgan fingerprint density at radius 3 is 2.67 bits per heavy atom. The first kappa shape index (κ1) is 18.4. The first-order valence-corrected chi connectivity index (χ1v) is 8.82. The third kappa shape index (κ3) is 5.26. The van der Waals surface area contributed by atoms with Gasteiger partial charge in [0.05, 0.1) is 0 Å². The van der Waals surface area contributed by atoms with Gasteiger partial charge in [0.1, 0.15) is 5.54 Å². The molecule has 4 heteroatoms. The van der Waals surface area contributed by atoms with Gasteiger partial charge in [-0.2, -0.15) is 0 Å². The summed E-state index contributed by atoms with van der Waals surface area (Å²) in [5.74, 6) is -0.691. The first-order chi connectivity index (χ1) is 10.1. The zero-order chi connectivity index (χ0) is 15.7. The van der Waals surface area contributed by atoms with Crippen molar-refractivity contribution in [3.63, 3.8) is 0 Å². The highest BCUT2D eigenvalue weighted by Gasteiger charge is 2.35. The average molecular weight is 298 g/mol. The van der Waals surface area contributed by atoms with E-state index in [-0.39, 0.29) is 0 Å². The number of nitrogens with one attached hydrogen (secondary N) is 1. The average Bonchev–Trinajstić information content (AvgIpc) is 2.51. The minimum atomic E-state index is -0.729. The molecule has 2 atom stereocenters. The van der Waals surface area contributed by atoms with Crippen molar-refractivity contribution in [1.82, 2.24) is 10.2 Å². The fraction of sp³-hybridized carbons (Fsp3) is 0.941. The summed E-state index contributed by atoms with van der Waals surface area (Å²) >= 11 is 0. The molecule has 2 unspecified atom stereocenters. The van der Waals surface area contributed by atoms with Crippen LogP contribution in [-0.4, -0.2) is 47.2 Å². The maximum atomic E-state index is 11.7. The Labute approximate surface area is 130 Å². The minimum absolute atomic E-state index is 0.652. The molecule has 0 aromatic heterocycles. The standard InChI is InChI=1S/C17H34N2O2/c1-4-12-18-17(6-3,16(20)21)11-9-14-19-13-8-7-10-15(19)5-2/h15,18H,4-14H2,1-3H3,(H,20,21). The molecular weight excluding hydrogens is 264 g/mol. The number of hydrogen-bond donors (Lipinski definition) is 2. The zero-order valence-corrected chi connectivity index (χ0v) is 14.2. The maximum absolute atomic E-state index is 11.7. The number of nitrogens with zero attached hydrogens (tertiary/aromatic N) is 1. The fourth-order valence-electron chi connectivity index (χ4n) is 3.49. The molecule has 1 saturated heterocycles. The molecule has 2 N–H and O–H groups in total. The molecule has 0 spiro atoms. The predicted octanol–water partition coefficient (Wildman–Crippen LogP) is 3.26. The van der Waals surface area contributed by atoms with E-state index in [1.54, 1.807) is 0 Å². The lowest BCUT2D eigenvalue weighted by molar-refractivity contribution is -0.145. The van der Waals surface area contributed by atoms with Gasteiger partial charge in [0, 0.05) is 6.04 Å². The molecule has 0 aromatic carbocycles. The molecule has 0 amide bonds. The number of carboxylic acids is 1. The molecule has 21 heavy (non-hydrogen) atoms. The van der Waals surface area contributed by atoms with Crippen LogP contribution in [0.1, 0.15) is 72.1 Å². The summed E-state index contributed by atoms with van der Waals surface area (Å²) < 4.78 is 0. The van der Waals surface area contributed by atoms with Crippen molar-refractivity contribution < 1.29 is 9.90 Å². The van der Waals surface area contributed by atoms with Gasteiger partial charge in [-0.3, -0.25) is 4.79 Å². The zero-order valence-electron chi connectivity index (χ0n) is 14.2. The van der Waals surface area contributed by atoms with Gasteiger partial charge in [-0.25, -0.2) is 0 Å². The van der Waals surface area contributed by atoms with Crippen LogP contribution in [0.2, 0.25) is 0 Å². The van der Waals surface area contributed by atoms with Crippen LogP contribution in [0.4, 0.5) is 0 Å². The normalized spacial score (nSPS) is 22.9. The highest BCUT2D eigenvalue weighted by atomic mass is 16.4. The first-order valence-electron chi connectivity index (χ1n) is 8.82. The molecule has 0 aliphatic carbocycles. The summed E-state index contributed by atoms with van der Waals surface area (Å²) in [6.07, 6.45) is 8.48. The Morgan fingerprint density at radius 2 is 2.10 bits per heavy atom. The lowest BCUT2D eigenvalue weighted by atomic mass is 9.89. The number of carboxylic acid groups (broad SMARTS) is 1. The fourth-order valence-corrected chi connectivity index (χ4v) is 3.49. The SMILES string of the molecule is CCCNC(CC)(CCCN1CCCCC1CC)C(=O)O. The number of aliphatic carboxylic acids is 1. The van der Waals surface area contributed by atoms with E-state index in [2.05, 4.69) is 24.1 Å². The summed E-state index contributed by atoms with van der Waals surface area (Å²) in [6.45, 7) is 9.33. The number of rotatable bonds is 10. The van der Waals surface area contributed by atoms with Crippen LogP contribution in [0, 0.1) is 0 Å². The molecule has 1 fully saturated rings. The Hall–Kier alpha value is -0.610. The van der Waals surface area contributed by atoms with E-state index in [4.69, 9.17) is 0 Å². The Kier molecular flexibility index (Phi) is 8.27. The molecule has 0 radical (unpaired) electrons. The largest absolute Gasteiger partial charge is 0.480 e. The van der Waals surface area contributed by atoms with Crippen molar-refractivity contribution in [1.29, 1.82) is 0 Å². The number of carbonyl (C=O) groups is 1. The van der Waals surface area contributed by atoms with E-state index < -0.39 is 11.5 Å². The van der Waals surface area contributed by atoms with Crippen LogP contribution in [0.25, 0.3) is 0 Å². The van der Waals surface area contributed by atoms with Crippen molar-refractivity contribution in [2.24, 2.45) is 0 Å². The van der Waals surface area contributed by atoms with Gasteiger partial charge in [0.25, 0.3) is 0 Å². The van der Waals surface area contributed by atoms with Gasteiger partial charge in [0.15, 0.2) is 0 Å². The van der Waals surface area contributed by atoms with Gasteiger partial charge >= 0.3 is 5.97 Å². The summed E-state index contributed by atoms with van der Waals surface area (Å²) in [7, 11) is 0. The van der Waals surface area contributed by atoms with E-state index in [0.29, 0.717) is 12.5 Å². The lowest BCUT2D eigenvalue weighted by Crippen LogP contribution is -2.52. The number of likely N-dealkylation sites (tertiary alicyclic amines) is 1. The Morgan fingerprint density at radius 1 is 1.33 bits per heavy atom. The highest BCUT2D eigenvalue weighted by molar-refractivity contribution is 5.78. The van der Waals surface area contributed by atoms with Crippen LogP contribution in [0.3, 0.4) is 0 Å². The highest BCUT2D eigenvalue weighted by Crippen LogP contribution is 2.23. The van der Waals surface area contributed by atoms with Crippen molar-refractivity contribution in [2.45, 2.75) is 83.7 Å². The van der Waals surface area contributed by atoms with Crippen molar-refractivity contribution in [3.8, 4) is 0 Å². The molecule has 0 bridgehead atoms. The van der Waals surface area contributed by atoms with E-state index in [1.165, 1.54) is 32.2 Å². The lowest BCUT2D eigenvalue weighted by Gasteiger charge is -2.36. The van der Waals surface area contributed by atoms with Crippen LogP contribution >= 0.6 is 0 Å². The molecule has 1 rings (SSSR count). The van der Waals surface area contributed by atoms with Crippen LogP contribution in [-0.2, 0) is 4.79 Å². The number of piperidine rings is 1. The van der Waals surface area contributed by atoms with Gasteiger partial charge < -0.3 is 15.3 Å². The van der Waals surface area contributed by atoms with Crippen LogP contribution in [0.15, 0.2) is 0 Å². The summed E-state index contributed by atoms with van der Waals surface area (Å²) in [5.41, 5.74) is -0.729. The van der Waals surface area contributed by atoms with Gasteiger partial charge in [-0.05, 0) is 64.6 Å². The Balaban J connectivity index is 2.50. The smallest absolute Gasteiger partial charge is 0.323 e. The molecule has 124 valence electrons. The second kappa shape index (κ2) is 9.42. The molecule has 0 aromatic rings.